The molecular weight excluding hydrogens is 498 g/mol. The maximum Gasteiger partial charge on any atom is 0.338 e. The number of nitrogens with zero attached hydrogens (tertiary/aromatic N) is 4. The van der Waals surface area contributed by atoms with E-state index in [0.29, 0.717) is 6.26 Å². The van der Waals surface area contributed by atoms with Crippen LogP contribution in [0.3, 0.4) is 0 Å². The van der Waals surface area contributed by atoms with Gasteiger partial charge in [-0.3, -0.25) is 14.2 Å². The van der Waals surface area contributed by atoms with Crippen molar-refractivity contribution in [2.75, 3.05) is 12.9 Å². The molecule has 1 aliphatic heterocycles. The van der Waals surface area contributed by atoms with E-state index in [4.69, 9.17) is 18.4 Å². The van der Waals surface area contributed by atoms with Crippen molar-refractivity contribution in [1.29, 1.82) is 5.26 Å². The maximum absolute atomic E-state index is 12.5. The van der Waals surface area contributed by atoms with E-state index in [1.165, 1.54) is 16.7 Å². The molecule has 1 fully saturated rings. The molecule has 4 rings (SSSR count). The van der Waals surface area contributed by atoms with Gasteiger partial charge in [-0.25, -0.2) is 18.9 Å². The molecule has 1 aromatic carbocycles. The van der Waals surface area contributed by atoms with Crippen molar-refractivity contribution >= 4 is 33.2 Å². The van der Waals surface area contributed by atoms with E-state index >= 15 is 0 Å². The molecule has 36 heavy (non-hydrogen) atoms. The van der Waals surface area contributed by atoms with Crippen LogP contribution in [-0.4, -0.2) is 70.5 Å². The number of fused-ring (bicyclic) bond motifs is 1. The largest absolute Gasteiger partial charge is 0.459 e. The normalized spacial score (nSPS) is 23.8. The summed E-state index contributed by atoms with van der Waals surface area (Å²) in [5.74, 6) is -1.67. The first kappa shape index (κ1) is 25.0. The highest BCUT2D eigenvalue weighted by molar-refractivity contribution is 7.86. The minimum absolute atomic E-state index is 0.00553. The van der Waals surface area contributed by atoms with Gasteiger partial charge in [0.15, 0.2) is 23.5 Å². The Bertz CT molecular complexity index is 1510. The predicted octanol–water partition coefficient (Wildman–Crippen LogP) is 0.0443. The smallest absolute Gasteiger partial charge is 0.338 e. The van der Waals surface area contributed by atoms with E-state index in [9.17, 15) is 28.1 Å². The van der Waals surface area contributed by atoms with Crippen molar-refractivity contribution < 1.29 is 36.4 Å². The third-order valence-electron chi connectivity index (χ3n) is 5.24. The average Bonchev–Trinajstić information content (AvgIpc) is 3.37. The molecule has 4 atom stereocenters. The van der Waals surface area contributed by atoms with Gasteiger partial charge in [0.2, 0.25) is 5.60 Å². The summed E-state index contributed by atoms with van der Waals surface area (Å²) in [4.78, 5) is 47.0. The second kappa shape index (κ2) is 9.49. The van der Waals surface area contributed by atoms with Crippen LogP contribution in [0.1, 0.15) is 23.5 Å². The predicted molar refractivity (Wildman–Crippen MR) is 119 cm³/mol. The highest BCUT2D eigenvalue weighted by atomic mass is 32.2. The zero-order valence-electron chi connectivity index (χ0n) is 18.9. The number of carbonyl (C=O) groups excluding carboxylic acids is 2. The van der Waals surface area contributed by atoms with E-state index < -0.39 is 58.3 Å². The maximum atomic E-state index is 12.5. The average molecular weight is 517 g/mol. The fourth-order valence-electron chi connectivity index (χ4n) is 3.80. The molecule has 1 aliphatic rings. The van der Waals surface area contributed by atoms with Crippen molar-refractivity contribution in [2.24, 2.45) is 0 Å². The van der Waals surface area contributed by atoms with E-state index in [-0.39, 0.29) is 16.7 Å². The van der Waals surface area contributed by atoms with Crippen LogP contribution >= 0.6 is 0 Å². The number of hydrogen-bond donors (Lipinski definition) is 1. The molecule has 1 N–H and O–H groups in total. The fraction of sp³-hybridized carbons (Fsp3) is 0.333. The Hall–Kier alpha value is -4.13. The molecule has 2 aromatic heterocycles. The van der Waals surface area contributed by atoms with Crippen LogP contribution in [0.2, 0.25) is 0 Å². The number of carbonyl (C=O) groups is 2. The number of nitriles is 1. The van der Waals surface area contributed by atoms with Crippen molar-refractivity contribution in [1.82, 2.24) is 19.5 Å². The number of rotatable bonds is 7. The summed E-state index contributed by atoms with van der Waals surface area (Å²) in [7, 11) is -4.34. The minimum atomic E-state index is -4.34. The monoisotopic (exact) mass is 517 g/mol. The van der Waals surface area contributed by atoms with Crippen LogP contribution in [0.5, 0.6) is 0 Å². The molecule has 0 bridgehead atoms. The van der Waals surface area contributed by atoms with E-state index in [1.54, 1.807) is 24.3 Å². The third kappa shape index (κ3) is 4.69. The van der Waals surface area contributed by atoms with Gasteiger partial charge in [0.05, 0.1) is 24.5 Å². The number of ether oxygens (including phenoxy) is 3. The van der Waals surface area contributed by atoms with Gasteiger partial charge in [0, 0.05) is 6.92 Å². The second-order valence-corrected chi connectivity index (χ2v) is 9.33. The molecular formula is C21H19N5O9S. The summed E-state index contributed by atoms with van der Waals surface area (Å²) in [6.45, 7) is 0.392. The molecule has 188 valence electrons. The molecule has 0 unspecified atom stereocenters. The summed E-state index contributed by atoms with van der Waals surface area (Å²) in [5.41, 5.74) is -2.95. The number of H-pyrrole nitrogens is 1. The summed E-state index contributed by atoms with van der Waals surface area (Å²) >= 11 is 0. The Morgan fingerprint density at radius 1 is 1.28 bits per heavy atom. The number of esters is 2. The first-order valence-corrected chi connectivity index (χ1v) is 12.1. The Labute approximate surface area is 203 Å². The number of imidazole rings is 1. The molecule has 0 spiro atoms. The van der Waals surface area contributed by atoms with Crippen LogP contribution in [0.4, 0.5) is 0 Å². The Balaban J connectivity index is 1.79. The first-order chi connectivity index (χ1) is 17.1. The Kier molecular flexibility index (Phi) is 6.59. The minimum Gasteiger partial charge on any atom is -0.459 e. The third-order valence-corrected chi connectivity index (χ3v) is 5.81. The van der Waals surface area contributed by atoms with Crippen molar-refractivity contribution in [3.05, 3.63) is 58.9 Å². The lowest BCUT2D eigenvalue weighted by molar-refractivity contribution is -0.157. The lowest BCUT2D eigenvalue weighted by atomic mass is 9.94. The topological polar surface area (TPSA) is 193 Å². The Morgan fingerprint density at radius 3 is 2.64 bits per heavy atom. The summed E-state index contributed by atoms with van der Waals surface area (Å²) in [6, 6.07) is 9.64. The highest BCUT2D eigenvalue weighted by Gasteiger charge is 2.64. The molecule has 3 heterocycles. The summed E-state index contributed by atoms with van der Waals surface area (Å²) in [5, 5.41) is 10.1. The highest BCUT2D eigenvalue weighted by Crippen LogP contribution is 2.43. The lowest BCUT2D eigenvalue weighted by Gasteiger charge is -2.30. The molecule has 0 aliphatic carbocycles. The quantitative estimate of drug-likeness (QED) is 0.327. The van der Waals surface area contributed by atoms with E-state index in [0.717, 1.165) is 19.6 Å². The number of aromatic amines is 1. The van der Waals surface area contributed by atoms with Gasteiger partial charge < -0.3 is 19.2 Å². The number of nitrogens with one attached hydrogen (secondary N) is 1. The first-order valence-electron chi connectivity index (χ1n) is 10.3. The zero-order chi connectivity index (χ0) is 26.1. The molecule has 0 radical (unpaired) electrons. The summed E-state index contributed by atoms with van der Waals surface area (Å²) in [6.07, 6.45) is -1.75. The van der Waals surface area contributed by atoms with Crippen molar-refractivity contribution in [3.8, 4) is 6.07 Å². The van der Waals surface area contributed by atoms with Crippen LogP contribution in [0.25, 0.3) is 11.2 Å². The molecule has 0 amide bonds. The number of benzene rings is 1. The van der Waals surface area contributed by atoms with Crippen LogP contribution in [0, 0.1) is 11.3 Å². The molecule has 3 aromatic rings. The zero-order valence-corrected chi connectivity index (χ0v) is 19.7. The van der Waals surface area contributed by atoms with Gasteiger partial charge in [-0.1, -0.05) is 18.2 Å². The van der Waals surface area contributed by atoms with Gasteiger partial charge in [0.1, 0.15) is 18.8 Å². The SMILES string of the molecule is CC(=O)O[C@H]1[C@H](n2cnc3c(=O)[nH]cnc32)O[C@H](COC(=O)c2ccccc2)[C@@]1(C#N)OS(C)(=O)=O. The van der Waals surface area contributed by atoms with E-state index in [2.05, 4.69) is 15.0 Å². The van der Waals surface area contributed by atoms with Crippen LogP contribution in [0.15, 0.2) is 47.8 Å². The fourth-order valence-corrected chi connectivity index (χ4v) is 4.54. The second-order valence-electron chi connectivity index (χ2n) is 7.76. The lowest BCUT2D eigenvalue weighted by Crippen LogP contribution is -2.53. The Morgan fingerprint density at radius 2 is 2.00 bits per heavy atom. The van der Waals surface area contributed by atoms with Crippen molar-refractivity contribution in [2.45, 2.75) is 31.0 Å². The van der Waals surface area contributed by atoms with E-state index in [1.807, 2.05) is 0 Å². The van der Waals surface area contributed by atoms with Crippen molar-refractivity contribution in [3.63, 3.8) is 0 Å². The summed E-state index contributed by atoms with van der Waals surface area (Å²) < 4.78 is 47.2. The molecule has 15 heteroatoms. The standard InChI is InChI=1S/C21H19N5O9S/c1-12(27)33-16-19(26-11-25-15-17(26)23-10-24-18(15)28)34-14(21(16,9-22)35-36(2,30)31)8-32-20(29)13-6-4-3-5-7-13/h3-7,10-11,14,16,19H,8H2,1-2H3,(H,23,24,28)/t14-,16+,19-,21-/m1/s1. The van der Waals surface area contributed by atoms with Crippen LogP contribution < -0.4 is 5.56 Å². The van der Waals surface area contributed by atoms with Gasteiger partial charge in [-0.2, -0.15) is 13.7 Å². The number of hydrogen-bond acceptors (Lipinski definition) is 12. The number of aromatic nitrogens is 4. The van der Waals surface area contributed by atoms with Crippen LogP contribution in [-0.2, 0) is 33.3 Å². The van der Waals surface area contributed by atoms with Gasteiger partial charge in [-0.05, 0) is 12.1 Å². The molecule has 0 saturated carbocycles. The van der Waals surface area contributed by atoms with Gasteiger partial charge in [0.25, 0.3) is 15.7 Å². The van der Waals surface area contributed by atoms with Gasteiger partial charge >= 0.3 is 11.9 Å². The molecule has 14 nitrogen and oxygen atoms in total. The molecule has 1 saturated heterocycles. The van der Waals surface area contributed by atoms with Gasteiger partial charge in [-0.15, -0.1) is 0 Å².